The van der Waals surface area contributed by atoms with Gasteiger partial charge in [-0.15, -0.1) is 0 Å². The molecular weight excluding hydrogens is 295 g/mol. The van der Waals surface area contributed by atoms with Crippen LogP contribution in [0.2, 0.25) is 5.02 Å². The molecule has 2 aromatic carbocycles. The number of hydrogen-bond donors (Lipinski definition) is 1. The average Bonchev–Trinajstić information content (AvgIpc) is 2.42. The van der Waals surface area contributed by atoms with Crippen LogP contribution >= 0.6 is 23.8 Å². The average molecular weight is 309 g/mol. The Morgan fingerprint density at radius 1 is 1.30 bits per heavy atom. The van der Waals surface area contributed by atoms with Crippen molar-refractivity contribution >= 4 is 34.5 Å². The van der Waals surface area contributed by atoms with Crippen LogP contribution < -0.4 is 10.6 Å². The molecule has 0 unspecified atom stereocenters. The van der Waals surface area contributed by atoms with Gasteiger partial charge < -0.3 is 10.6 Å². The van der Waals surface area contributed by atoms with Crippen LogP contribution in [0.25, 0.3) is 0 Å². The highest BCUT2D eigenvalue weighted by Crippen LogP contribution is 2.23. The third kappa shape index (κ3) is 3.26. The van der Waals surface area contributed by atoms with Crippen molar-refractivity contribution in [1.29, 1.82) is 0 Å². The summed E-state index contributed by atoms with van der Waals surface area (Å²) in [4.78, 5) is 2.21. The lowest BCUT2D eigenvalue weighted by Crippen LogP contribution is -2.22. The molecule has 104 valence electrons. The van der Waals surface area contributed by atoms with E-state index in [2.05, 4.69) is 0 Å². The molecule has 0 heterocycles. The largest absolute Gasteiger partial charge is 0.389 e. The van der Waals surface area contributed by atoms with Crippen molar-refractivity contribution in [2.75, 3.05) is 11.9 Å². The van der Waals surface area contributed by atoms with Gasteiger partial charge in [0.1, 0.15) is 10.8 Å². The molecule has 0 radical (unpaired) electrons. The van der Waals surface area contributed by atoms with Crippen molar-refractivity contribution in [2.45, 2.75) is 6.54 Å². The van der Waals surface area contributed by atoms with Gasteiger partial charge in [-0.25, -0.2) is 4.39 Å². The second-order valence-corrected chi connectivity index (χ2v) is 5.35. The second kappa shape index (κ2) is 6.20. The lowest BCUT2D eigenvalue weighted by molar-refractivity contribution is 0.608. The molecule has 2 N–H and O–H groups in total. The Bertz CT molecular complexity index is 646. The fraction of sp³-hybridized carbons (Fsp3) is 0.133. The molecule has 0 aliphatic carbocycles. The summed E-state index contributed by atoms with van der Waals surface area (Å²) in [6.45, 7) is 0.381. The summed E-state index contributed by atoms with van der Waals surface area (Å²) in [5.41, 5.74) is 7.87. The van der Waals surface area contributed by atoms with Crippen LogP contribution in [0.5, 0.6) is 0 Å². The maximum absolute atomic E-state index is 13.8. The zero-order valence-electron chi connectivity index (χ0n) is 10.9. The Morgan fingerprint density at radius 3 is 2.70 bits per heavy atom. The number of thiocarbonyl (C=S) groups is 1. The Kier molecular flexibility index (Phi) is 4.57. The first kappa shape index (κ1) is 14.8. The van der Waals surface area contributed by atoms with Gasteiger partial charge in [0.15, 0.2) is 0 Å². The highest BCUT2D eigenvalue weighted by Gasteiger charge is 2.11. The molecule has 0 atom stereocenters. The summed E-state index contributed by atoms with van der Waals surface area (Å²) in [6, 6.07) is 12.0. The number of benzene rings is 2. The van der Waals surface area contributed by atoms with Gasteiger partial charge in [-0.3, -0.25) is 0 Å². The molecule has 2 nitrogen and oxygen atoms in total. The fourth-order valence-electron chi connectivity index (χ4n) is 2.02. The highest BCUT2D eigenvalue weighted by molar-refractivity contribution is 7.80. The number of para-hydroxylation sites is 1. The topological polar surface area (TPSA) is 29.3 Å². The van der Waals surface area contributed by atoms with Gasteiger partial charge in [-0.05, 0) is 30.3 Å². The van der Waals surface area contributed by atoms with Crippen LogP contribution in [0.1, 0.15) is 11.1 Å². The third-order valence-corrected chi connectivity index (χ3v) is 3.45. The number of halogens is 2. The van der Waals surface area contributed by atoms with Crippen molar-refractivity contribution in [2.24, 2.45) is 5.73 Å². The summed E-state index contributed by atoms with van der Waals surface area (Å²) >= 11 is 10.9. The van der Waals surface area contributed by atoms with Crippen LogP contribution in [0.3, 0.4) is 0 Å². The van der Waals surface area contributed by atoms with E-state index in [9.17, 15) is 4.39 Å². The minimum atomic E-state index is -0.283. The molecule has 0 spiro atoms. The molecule has 0 aliphatic heterocycles. The highest BCUT2D eigenvalue weighted by atomic mass is 35.5. The van der Waals surface area contributed by atoms with Crippen molar-refractivity contribution in [3.63, 3.8) is 0 Å². The Morgan fingerprint density at radius 2 is 2.00 bits per heavy atom. The lowest BCUT2D eigenvalue weighted by atomic mass is 10.1. The summed E-state index contributed by atoms with van der Waals surface area (Å²) in [5, 5.41) is 0.512. The first-order valence-corrected chi connectivity index (χ1v) is 6.81. The Balaban J connectivity index is 2.31. The number of nitrogens with two attached hydrogens (primary N) is 1. The van der Waals surface area contributed by atoms with E-state index in [-0.39, 0.29) is 5.82 Å². The van der Waals surface area contributed by atoms with E-state index < -0.39 is 0 Å². The molecule has 0 amide bonds. The van der Waals surface area contributed by atoms with Crippen LogP contribution in [0.15, 0.2) is 42.5 Å². The van der Waals surface area contributed by atoms with E-state index in [0.29, 0.717) is 22.1 Å². The quantitative estimate of drug-likeness (QED) is 0.872. The van der Waals surface area contributed by atoms with Gasteiger partial charge in [-0.2, -0.15) is 0 Å². The summed E-state index contributed by atoms with van der Waals surface area (Å²) < 4.78 is 13.8. The van der Waals surface area contributed by atoms with E-state index >= 15 is 0 Å². The summed E-state index contributed by atoms with van der Waals surface area (Å²) in [7, 11) is 1.86. The minimum absolute atomic E-state index is 0.283. The second-order valence-electron chi connectivity index (χ2n) is 4.47. The van der Waals surface area contributed by atoms with Gasteiger partial charge in [0.05, 0.1) is 0 Å². The maximum atomic E-state index is 13.8. The number of rotatable bonds is 4. The standard InChI is InChI=1S/C15H14ClFN2S/c1-19(9-10-8-11(16)6-7-13(10)17)14-5-3-2-4-12(14)15(18)20/h2-8H,9H2,1H3,(H2,18,20). The number of anilines is 1. The van der Waals surface area contributed by atoms with E-state index in [1.165, 1.54) is 12.1 Å². The maximum Gasteiger partial charge on any atom is 0.128 e. The van der Waals surface area contributed by atoms with Gasteiger partial charge >= 0.3 is 0 Å². The van der Waals surface area contributed by atoms with Gasteiger partial charge in [0, 0.05) is 35.4 Å². The van der Waals surface area contributed by atoms with E-state index in [1.807, 2.05) is 36.2 Å². The van der Waals surface area contributed by atoms with E-state index in [1.54, 1.807) is 6.07 Å². The molecule has 0 saturated carbocycles. The van der Waals surface area contributed by atoms with Crippen LogP contribution in [0.4, 0.5) is 10.1 Å². The Hall–Kier alpha value is -1.65. The van der Waals surface area contributed by atoms with Crippen molar-refractivity contribution < 1.29 is 4.39 Å². The predicted molar refractivity (Wildman–Crippen MR) is 85.8 cm³/mol. The number of nitrogens with zero attached hydrogens (tertiary/aromatic N) is 1. The lowest BCUT2D eigenvalue weighted by Gasteiger charge is -2.22. The molecule has 0 bridgehead atoms. The van der Waals surface area contributed by atoms with Crippen molar-refractivity contribution in [1.82, 2.24) is 0 Å². The molecule has 0 aromatic heterocycles. The molecule has 5 heteroatoms. The van der Waals surface area contributed by atoms with E-state index in [0.717, 1.165) is 11.3 Å². The summed E-state index contributed by atoms with van der Waals surface area (Å²) in [5.74, 6) is -0.283. The third-order valence-electron chi connectivity index (χ3n) is 3.00. The normalized spacial score (nSPS) is 10.3. The zero-order valence-corrected chi connectivity index (χ0v) is 12.5. The molecule has 0 fully saturated rings. The molecular formula is C15H14ClFN2S. The molecule has 2 aromatic rings. The number of hydrogen-bond acceptors (Lipinski definition) is 2. The van der Waals surface area contributed by atoms with Crippen molar-refractivity contribution in [3.05, 3.63) is 64.4 Å². The molecule has 0 aliphatic rings. The predicted octanol–water partition coefficient (Wildman–Crippen LogP) is 3.75. The zero-order chi connectivity index (χ0) is 14.7. The van der Waals surface area contributed by atoms with Crippen molar-refractivity contribution in [3.8, 4) is 0 Å². The minimum Gasteiger partial charge on any atom is -0.389 e. The monoisotopic (exact) mass is 308 g/mol. The van der Waals surface area contributed by atoms with Gasteiger partial charge in [0.2, 0.25) is 0 Å². The fourth-order valence-corrected chi connectivity index (χ4v) is 2.39. The SMILES string of the molecule is CN(Cc1cc(Cl)ccc1F)c1ccccc1C(N)=S. The summed E-state index contributed by atoms with van der Waals surface area (Å²) in [6.07, 6.45) is 0. The van der Waals surface area contributed by atoms with Gasteiger partial charge in [0.25, 0.3) is 0 Å². The van der Waals surface area contributed by atoms with E-state index in [4.69, 9.17) is 29.6 Å². The molecule has 2 rings (SSSR count). The van der Waals surface area contributed by atoms with Crippen LogP contribution in [-0.4, -0.2) is 12.0 Å². The molecule has 0 saturated heterocycles. The molecule has 20 heavy (non-hydrogen) atoms. The first-order valence-electron chi connectivity index (χ1n) is 6.03. The van der Waals surface area contributed by atoms with Crippen LogP contribution in [-0.2, 0) is 6.54 Å². The van der Waals surface area contributed by atoms with Crippen LogP contribution in [0, 0.1) is 5.82 Å². The van der Waals surface area contributed by atoms with Gasteiger partial charge in [-0.1, -0.05) is 36.0 Å². The first-order chi connectivity index (χ1) is 9.49. The Labute approximate surface area is 128 Å². The smallest absolute Gasteiger partial charge is 0.128 e.